The molecule has 6 heteroatoms. The minimum absolute atomic E-state index is 0.278. The Balaban J connectivity index is 2.32. The molecule has 0 bridgehead atoms. The van der Waals surface area contributed by atoms with Crippen molar-refractivity contribution < 1.29 is 4.39 Å². The Morgan fingerprint density at radius 2 is 2.14 bits per heavy atom. The Morgan fingerprint density at radius 3 is 2.76 bits per heavy atom. The van der Waals surface area contributed by atoms with Crippen LogP contribution in [0.4, 0.5) is 4.39 Å². The molecule has 0 amide bonds. The molecule has 0 saturated heterocycles. The first-order chi connectivity index (χ1) is 9.91. The normalized spacial score (nSPS) is 13.8. The van der Waals surface area contributed by atoms with E-state index in [2.05, 4.69) is 28.4 Å². The fourth-order valence-corrected chi connectivity index (χ4v) is 3.45. The van der Waals surface area contributed by atoms with E-state index in [4.69, 9.17) is 11.6 Å². The van der Waals surface area contributed by atoms with E-state index < -0.39 is 5.54 Å². The number of rotatable bonds is 3. The van der Waals surface area contributed by atoms with Crippen LogP contribution in [0.15, 0.2) is 29.8 Å². The van der Waals surface area contributed by atoms with Crippen LogP contribution in [0.3, 0.4) is 0 Å². The SMILES string of the molecule is CC(Cl)c1nc2cc(F)ccc2n1C(C)(C)c1nccs1. The number of hydrogen-bond donors (Lipinski definition) is 0. The number of nitrogens with zero attached hydrogens (tertiary/aromatic N) is 3. The van der Waals surface area contributed by atoms with Crippen LogP contribution >= 0.6 is 22.9 Å². The number of thiazole rings is 1. The van der Waals surface area contributed by atoms with Crippen molar-refractivity contribution in [3.63, 3.8) is 0 Å². The number of halogens is 2. The summed E-state index contributed by atoms with van der Waals surface area (Å²) in [6.07, 6.45) is 1.78. The molecule has 21 heavy (non-hydrogen) atoms. The Labute approximate surface area is 131 Å². The Hall–Kier alpha value is -1.46. The van der Waals surface area contributed by atoms with Crippen LogP contribution < -0.4 is 0 Å². The van der Waals surface area contributed by atoms with Gasteiger partial charge in [0.25, 0.3) is 0 Å². The van der Waals surface area contributed by atoms with E-state index in [0.717, 1.165) is 16.3 Å². The number of alkyl halides is 1. The van der Waals surface area contributed by atoms with Crippen molar-refractivity contribution in [1.29, 1.82) is 0 Å². The second-order valence-corrected chi connectivity index (χ2v) is 7.00. The molecule has 1 unspecified atom stereocenters. The van der Waals surface area contributed by atoms with Gasteiger partial charge in [-0.25, -0.2) is 14.4 Å². The molecule has 0 fully saturated rings. The van der Waals surface area contributed by atoms with Crippen LogP contribution in [0, 0.1) is 5.82 Å². The van der Waals surface area contributed by atoms with E-state index >= 15 is 0 Å². The van der Waals surface area contributed by atoms with E-state index in [9.17, 15) is 4.39 Å². The van der Waals surface area contributed by atoms with Crippen molar-refractivity contribution in [1.82, 2.24) is 14.5 Å². The lowest BCUT2D eigenvalue weighted by atomic mass is 10.1. The number of imidazole rings is 1. The number of aromatic nitrogens is 3. The van der Waals surface area contributed by atoms with Gasteiger partial charge < -0.3 is 4.57 Å². The van der Waals surface area contributed by atoms with Gasteiger partial charge in [-0.3, -0.25) is 0 Å². The molecule has 0 aliphatic heterocycles. The molecule has 3 nitrogen and oxygen atoms in total. The van der Waals surface area contributed by atoms with Gasteiger partial charge in [0, 0.05) is 17.6 Å². The lowest BCUT2D eigenvalue weighted by Gasteiger charge is -2.28. The first-order valence-electron chi connectivity index (χ1n) is 6.63. The average Bonchev–Trinajstić information content (AvgIpc) is 3.05. The van der Waals surface area contributed by atoms with Crippen molar-refractivity contribution in [2.75, 3.05) is 0 Å². The summed E-state index contributed by atoms with van der Waals surface area (Å²) >= 11 is 7.88. The number of hydrogen-bond acceptors (Lipinski definition) is 3. The summed E-state index contributed by atoms with van der Waals surface area (Å²) in [7, 11) is 0. The first kappa shape index (κ1) is 14.5. The molecule has 0 radical (unpaired) electrons. The van der Waals surface area contributed by atoms with E-state index in [1.807, 2.05) is 12.3 Å². The van der Waals surface area contributed by atoms with Crippen LogP contribution in [0.5, 0.6) is 0 Å². The molecular weight excluding hydrogens is 309 g/mol. The van der Waals surface area contributed by atoms with Gasteiger partial charge in [0.2, 0.25) is 0 Å². The average molecular weight is 324 g/mol. The van der Waals surface area contributed by atoms with Crippen molar-refractivity contribution >= 4 is 34.0 Å². The molecule has 3 rings (SSSR count). The third-order valence-electron chi connectivity index (χ3n) is 3.51. The highest BCUT2D eigenvalue weighted by Crippen LogP contribution is 2.35. The summed E-state index contributed by atoms with van der Waals surface area (Å²) < 4.78 is 15.5. The molecule has 1 atom stereocenters. The summed E-state index contributed by atoms with van der Waals surface area (Å²) in [5.74, 6) is 0.422. The molecule has 3 aromatic rings. The summed E-state index contributed by atoms with van der Waals surface area (Å²) in [6.45, 7) is 6.01. The zero-order chi connectivity index (χ0) is 15.2. The standard InChI is InChI=1S/C15H15ClFN3S/c1-9(16)13-19-11-8-10(17)4-5-12(11)20(13)15(2,3)14-18-6-7-21-14/h4-9H,1-3H3. The van der Waals surface area contributed by atoms with Gasteiger partial charge in [0.1, 0.15) is 16.6 Å². The minimum Gasteiger partial charge on any atom is -0.314 e. The monoisotopic (exact) mass is 323 g/mol. The molecule has 0 N–H and O–H groups in total. The van der Waals surface area contributed by atoms with Crippen LogP contribution in [0.2, 0.25) is 0 Å². The lowest BCUT2D eigenvalue weighted by Crippen LogP contribution is -2.29. The van der Waals surface area contributed by atoms with Gasteiger partial charge in [-0.1, -0.05) is 0 Å². The summed E-state index contributed by atoms with van der Waals surface area (Å²) in [5, 5.41) is 2.63. The Kier molecular flexibility index (Phi) is 3.50. The maximum atomic E-state index is 13.5. The van der Waals surface area contributed by atoms with Crippen LogP contribution in [-0.4, -0.2) is 14.5 Å². The van der Waals surface area contributed by atoms with Crippen molar-refractivity contribution in [2.24, 2.45) is 0 Å². The fourth-order valence-electron chi connectivity index (χ4n) is 2.55. The van der Waals surface area contributed by atoms with E-state index in [1.165, 1.54) is 12.1 Å². The molecule has 110 valence electrons. The van der Waals surface area contributed by atoms with Gasteiger partial charge in [0.05, 0.1) is 21.9 Å². The molecule has 2 heterocycles. The minimum atomic E-state index is -0.404. The maximum Gasteiger partial charge on any atom is 0.128 e. The van der Waals surface area contributed by atoms with Gasteiger partial charge >= 0.3 is 0 Å². The third-order valence-corrected chi connectivity index (χ3v) is 4.79. The Bertz CT molecular complexity index is 778. The van der Waals surface area contributed by atoms with Crippen molar-refractivity contribution in [3.05, 3.63) is 46.4 Å². The summed E-state index contributed by atoms with van der Waals surface area (Å²) in [4.78, 5) is 8.94. The summed E-state index contributed by atoms with van der Waals surface area (Å²) in [6, 6.07) is 4.63. The second kappa shape index (κ2) is 5.07. The lowest BCUT2D eigenvalue weighted by molar-refractivity contribution is 0.429. The molecule has 0 aliphatic carbocycles. The van der Waals surface area contributed by atoms with Gasteiger partial charge in [-0.2, -0.15) is 0 Å². The highest BCUT2D eigenvalue weighted by atomic mass is 35.5. The first-order valence-corrected chi connectivity index (χ1v) is 7.95. The summed E-state index contributed by atoms with van der Waals surface area (Å²) in [5.41, 5.74) is 1.07. The third kappa shape index (κ3) is 2.34. The molecule has 2 aromatic heterocycles. The molecule has 0 spiro atoms. The van der Waals surface area contributed by atoms with Crippen LogP contribution in [-0.2, 0) is 5.54 Å². The quantitative estimate of drug-likeness (QED) is 0.653. The zero-order valence-corrected chi connectivity index (χ0v) is 13.5. The Morgan fingerprint density at radius 1 is 1.38 bits per heavy atom. The highest BCUT2D eigenvalue weighted by molar-refractivity contribution is 7.09. The van der Waals surface area contributed by atoms with E-state index in [-0.39, 0.29) is 11.2 Å². The zero-order valence-electron chi connectivity index (χ0n) is 12.0. The number of benzene rings is 1. The second-order valence-electron chi connectivity index (χ2n) is 5.45. The van der Waals surface area contributed by atoms with Crippen molar-refractivity contribution in [3.8, 4) is 0 Å². The predicted molar refractivity (Wildman–Crippen MR) is 84.5 cm³/mol. The predicted octanol–water partition coefficient (Wildman–Crippen LogP) is 4.72. The maximum absolute atomic E-state index is 13.5. The van der Waals surface area contributed by atoms with E-state index in [0.29, 0.717) is 5.52 Å². The fraction of sp³-hybridized carbons (Fsp3) is 0.333. The van der Waals surface area contributed by atoms with Gasteiger partial charge in [-0.05, 0) is 32.9 Å². The van der Waals surface area contributed by atoms with Gasteiger partial charge in [0.15, 0.2) is 0 Å². The van der Waals surface area contributed by atoms with Crippen molar-refractivity contribution in [2.45, 2.75) is 31.7 Å². The highest BCUT2D eigenvalue weighted by Gasteiger charge is 2.31. The van der Waals surface area contributed by atoms with E-state index in [1.54, 1.807) is 23.6 Å². The largest absolute Gasteiger partial charge is 0.314 e. The molecular formula is C15H15ClFN3S. The van der Waals surface area contributed by atoms with Crippen LogP contribution in [0.25, 0.3) is 11.0 Å². The van der Waals surface area contributed by atoms with Crippen LogP contribution in [0.1, 0.15) is 37.0 Å². The van der Waals surface area contributed by atoms with Gasteiger partial charge in [-0.15, -0.1) is 22.9 Å². The molecule has 0 saturated carbocycles. The molecule has 0 aliphatic rings. The smallest absolute Gasteiger partial charge is 0.128 e. The topological polar surface area (TPSA) is 30.7 Å². The molecule has 1 aromatic carbocycles. The number of fused-ring (bicyclic) bond motifs is 1.